The van der Waals surface area contributed by atoms with Crippen LogP contribution in [0.1, 0.15) is 11.1 Å². The predicted octanol–water partition coefficient (Wildman–Crippen LogP) is 11.7. The van der Waals surface area contributed by atoms with Crippen molar-refractivity contribution >= 4 is 71.6 Å². The van der Waals surface area contributed by atoms with E-state index in [4.69, 9.17) is 9.40 Å². The summed E-state index contributed by atoms with van der Waals surface area (Å²) in [4.78, 5) is 5.42. The zero-order valence-electron chi connectivity index (χ0n) is 27.6. The maximum atomic E-state index is 6.20. The Hall–Kier alpha value is -6.59. The highest BCUT2D eigenvalue weighted by molar-refractivity contribution is 6.12. The Morgan fingerprint density at radius 2 is 1.26 bits per heavy atom. The maximum absolute atomic E-state index is 6.20. The lowest BCUT2D eigenvalue weighted by molar-refractivity contribution is 0.669. The van der Waals surface area contributed by atoms with Gasteiger partial charge < -0.3 is 8.98 Å². The van der Waals surface area contributed by atoms with Crippen molar-refractivity contribution in [1.29, 1.82) is 0 Å². The van der Waals surface area contributed by atoms with Gasteiger partial charge in [-0.05, 0) is 97.8 Å². The lowest BCUT2D eigenvalue weighted by atomic mass is 10.0. The maximum Gasteiger partial charge on any atom is 0.220 e. The number of aryl methyl sites for hydroxylation is 2. The van der Waals surface area contributed by atoms with Crippen LogP contribution in [0.25, 0.3) is 94.1 Å². The van der Waals surface area contributed by atoms with Crippen molar-refractivity contribution < 1.29 is 4.42 Å². The molecule has 11 rings (SSSR count). The van der Waals surface area contributed by atoms with Gasteiger partial charge in [-0.2, -0.15) is 0 Å². The molecule has 0 saturated heterocycles. The van der Waals surface area contributed by atoms with E-state index in [9.17, 15) is 0 Å². The van der Waals surface area contributed by atoms with Crippen molar-refractivity contribution in [2.45, 2.75) is 13.8 Å². The number of fused-ring (bicyclic) bond motifs is 11. The van der Waals surface area contributed by atoms with Crippen LogP contribution < -0.4 is 0 Å². The van der Waals surface area contributed by atoms with Gasteiger partial charge in [0.05, 0.1) is 33.1 Å². The second-order valence-electron chi connectivity index (χ2n) is 13.5. The van der Waals surface area contributed by atoms with E-state index in [-0.39, 0.29) is 0 Å². The molecule has 236 valence electrons. The van der Waals surface area contributed by atoms with Crippen molar-refractivity contribution in [3.63, 3.8) is 0 Å². The minimum absolute atomic E-state index is 0.896. The molecule has 0 unspecified atom stereocenters. The molecule has 0 radical (unpaired) electrons. The van der Waals surface area contributed by atoms with Gasteiger partial charge in [-0.15, -0.1) is 0 Å². The highest BCUT2D eigenvalue weighted by atomic mass is 16.3. The average Bonchev–Trinajstić information content (AvgIpc) is 3.88. The molecule has 0 saturated carbocycles. The summed E-state index contributed by atoms with van der Waals surface area (Å²) in [6.07, 6.45) is 0. The molecule has 5 heteroatoms. The number of hydrogen-bond donors (Lipinski definition) is 0. The van der Waals surface area contributed by atoms with E-state index in [1.807, 2.05) is 12.1 Å². The molecule has 0 fully saturated rings. The third-order valence-electron chi connectivity index (χ3n) is 10.3. The quantitative estimate of drug-likeness (QED) is 0.192. The molecule has 0 aliphatic carbocycles. The van der Waals surface area contributed by atoms with E-state index in [1.165, 1.54) is 27.4 Å². The first kappa shape index (κ1) is 27.4. The number of imidazole rings is 2. The molecular formula is C45H30N4O. The number of para-hydroxylation sites is 3. The highest BCUT2D eigenvalue weighted by Crippen LogP contribution is 2.39. The SMILES string of the molecule is Cc1ccc2c(c1)c1ccc(-c3cccc4c3nc3n(-c5ccccc5)c5ccc(C)cc5n43)cc1n2-c1ccc2oc3ccccc3c2c1. The zero-order valence-corrected chi connectivity index (χ0v) is 27.6. The summed E-state index contributed by atoms with van der Waals surface area (Å²) in [6, 6.07) is 52.2. The molecule has 0 spiro atoms. The predicted molar refractivity (Wildman–Crippen MR) is 206 cm³/mol. The molecular weight excluding hydrogens is 613 g/mol. The first-order chi connectivity index (χ1) is 24.6. The molecule has 0 amide bonds. The number of nitrogens with zero attached hydrogens (tertiary/aromatic N) is 4. The summed E-state index contributed by atoms with van der Waals surface area (Å²) in [5.74, 6) is 0.908. The highest BCUT2D eigenvalue weighted by Gasteiger charge is 2.21. The van der Waals surface area contributed by atoms with Gasteiger partial charge in [0.15, 0.2) is 0 Å². The third-order valence-corrected chi connectivity index (χ3v) is 10.3. The number of aromatic nitrogens is 4. The largest absolute Gasteiger partial charge is 0.456 e. The first-order valence-electron chi connectivity index (χ1n) is 17.1. The summed E-state index contributed by atoms with van der Waals surface area (Å²) < 4.78 is 13.2. The number of furan rings is 1. The van der Waals surface area contributed by atoms with Crippen molar-refractivity contribution in [2.24, 2.45) is 0 Å². The molecule has 7 aromatic carbocycles. The van der Waals surface area contributed by atoms with Gasteiger partial charge in [0.25, 0.3) is 0 Å². The van der Waals surface area contributed by atoms with Crippen molar-refractivity contribution in [3.05, 3.63) is 157 Å². The van der Waals surface area contributed by atoms with E-state index in [1.54, 1.807) is 0 Å². The molecule has 0 bridgehead atoms. The monoisotopic (exact) mass is 642 g/mol. The second-order valence-corrected chi connectivity index (χ2v) is 13.5. The summed E-state index contributed by atoms with van der Waals surface area (Å²) in [5, 5.41) is 4.71. The Kier molecular flexibility index (Phi) is 5.46. The summed E-state index contributed by atoms with van der Waals surface area (Å²) in [7, 11) is 0. The minimum Gasteiger partial charge on any atom is -0.456 e. The first-order valence-corrected chi connectivity index (χ1v) is 17.1. The average molecular weight is 643 g/mol. The van der Waals surface area contributed by atoms with Crippen LogP contribution in [0, 0.1) is 13.8 Å². The van der Waals surface area contributed by atoms with Gasteiger partial charge in [-0.3, -0.25) is 8.97 Å². The summed E-state index contributed by atoms with van der Waals surface area (Å²) in [6.45, 7) is 4.32. The van der Waals surface area contributed by atoms with Crippen LogP contribution in [-0.2, 0) is 0 Å². The van der Waals surface area contributed by atoms with E-state index in [0.29, 0.717) is 0 Å². The van der Waals surface area contributed by atoms with Crippen LogP contribution >= 0.6 is 0 Å². The molecule has 4 aromatic heterocycles. The molecule has 0 atom stereocenters. The van der Waals surface area contributed by atoms with Crippen molar-refractivity contribution in [3.8, 4) is 22.5 Å². The molecule has 0 aliphatic heterocycles. The fraction of sp³-hybridized carbons (Fsp3) is 0.0444. The van der Waals surface area contributed by atoms with E-state index in [2.05, 4.69) is 161 Å². The molecule has 5 nitrogen and oxygen atoms in total. The fourth-order valence-electron chi connectivity index (χ4n) is 8.08. The standard InChI is InChI=1S/C45H30N4O/c1-27-15-20-37-35(23-27)33-19-17-29(25-40(33)47(37)31-18-22-43-36(26-31)34-11-6-7-14-42(34)50-43)32-12-8-13-39-44(32)46-45-48(30-9-4-3-5-10-30)38-21-16-28(2)24-41(38)49(39)45/h3-26H,1-2H3. The Bertz CT molecular complexity index is 3170. The van der Waals surface area contributed by atoms with E-state index in [0.717, 1.165) is 77.8 Å². The second kappa shape index (κ2) is 9.97. The van der Waals surface area contributed by atoms with Gasteiger partial charge in [0, 0.05) is 38.5 Å². The van der Waals surface area contributed by atoms with Crippen LogP contribution in [0.4, 0.5) is 0 Å². The van der Waals surface area contributed by atoms with Gasteiger partial charge in [0.2, 0.25) is 5.78 Å². The van der Waals surface area contributed by atoms with Crippen LogP contribution in [-0.4, -0.2) is 18.5 Å². The summed E-state index contributed by atoms with van der Waals surface area (Å²) in [5.41, 5.74) is 15.4. The Morgan fingerprint density at radius 1 is 0.460 bits per heavy atom. The topological polar surface area (TPSA) is 40.3 Å². The van der Waals surface area contributed by atoms with Crippen LogP contribution in [0.15, 0.2) is 150 Å². The lowest BCUT2D eigenvalue weighted by Gasteiger charge is -2.10. The molecule has 0 N–H and O–H groups in total. The molecule has 50 heavy (non-hydrogen) atoms. The van der Waals surface area contributed by atoms with Gasteiger partial charge in [-0.25, -0.2) is 4.98 Å². The van der Waals surface area contributed by atoms with Crippen LogP contribution in [0.2, 0.25) is 0 Å². The third kappa shape index (κ3) is 3.74. The Morgan fingerprint density at radius 3 is 2.16 bits per heavy atom. The van der Waals surface area contributed by atoms with Gasteiger partial charge >= 0.3 is 0 Å². The van der Waals surface area contributed by atoms with E-state index < -0.39 is 0 Å². The Labute approximate surface area is 286 Å². The zero-order chi connectivity index (χ0) is 33.1. The number of benzene rings is 7. The van der Waals surface area contributed by atoms with Gasteiger partial charge in [0.1, 0.15) is 11.2 Å². The van der Waals surface area contributed by atoms with Gasteiger partial charge in [-0.1, -0.05) is 78.4 Å². The number of rotatable bonds is 3. The summed E-state index contributed by atoms with van der Waals surface area (Å²) >= 11 is 0. The Balaban J connectivity index is 1.19. The lowest BCUT2D eigenvalue weighted by Crippen LogP contribution is -1.94. The molecule has 11 aromatic rings. The molecule has 0 aliphatic rings. The number of hydrogen-bond acceptors (Lipinski definition) is 2. The van der Waals surface area contributed by atoms with Crippen molar-refractivity contribution in [1.82, 2.24) is 18.5 Å². The minimum atomic E-state index is 0.896. The van der Waals surface area contributed by atoms with E-state index >= 15 is 0 Å². The van der Waals surface area contributed by atoms with Crippen LogP contribution in [0.3, 0.4) is 0 Å². The smallest absolute Gasteiger partial charge is 0.220 e. The molecule has 4 heterocycles. The normalized spacial score (nSPS) is 12.2. The van der Waals surface area contributed by atoms with Crippen LogP contribution in [0.5, 0.6) is 0 Å². The fourth-order valence-corrected chi connectivity index (χ4v) is 8.08. The van der Waals surface area contributed by atoms with Crippen molar-refractivity contribution in [2.75, 3.05) is 0 Å².